The van der Waals surface area contributed by atoms with Crippen LogP contribution in [0.1, 0.15) is 37.3 Å². The van der Waals surface area contributed by atoms with E-state index in [1.807, 2.05) is 0 Å². The number of benzene rings is 2. The van der Waals surface area contributed by atoms with Gasteiger partial charge in [0.2, 0.25) is 0 Å². The fourth-order valence-electron chi connectivity index (χ4n) is 3.70. The van der Waals surface area contributed by atoms with Crippen molar-refractivity contribution in [2.45, 2.75) is 31.6 Å². The molecule has 1 heteroatoms. The SMILES string of the molecule is C[C@H]1CC(=O)CCC1(c1ccccc1)c1ccccc1. The van der Waals surface area contributed by atoms with E-state index in [0.29, 0.717) is 24.5 Å². The third-order valence-corrected chi connectivity index (χ3v) is 4.75. The zero-order chi connectivity index (χ0) is 14.0. The minimum absolute atomic E-state index is 0.0174. The van der Waals surface area contributed by atoms with Gasteiger partial charge in [-0.1, -0.05) is 67.6 Å². The van der Waals surface area contributed by atoms with Crippen LogP contribution in [0, 0.1) is 5.92 Å². The van der Waals surface area contributed by atoms with Crippen molar-refractivity contribution in [2.24, 2.45) is 5.92 Å². The molecule has 0 amide bonds. The molecule has 0 spiro atoms. The Morgan fingerprint density at radius 2 is 1.40 bits per heavy atom. The number of hydrogen-bond donors (Lipinski definition) is 0. The van der Waals surface area contributed by atoms with E-state index in [0.717, 1.165) is 6.42 Å². The second-order valence-corrected chi connectivity index (χ2v) is 5.85. The van der Waals surface area contributed by atoms with Crippen LogP contribution >= 0.6 is 0 Å². The van der Waals surface area contributed by atoms with E-state index in [9.17, 15) is 4.79 Å². The van der Waals surface area contributed by atoms with E-state index < -0.39 is 0 Å². The van der Waals surface area contributed by atoms with Gasteiger partial charge >= 0.3 is 0 Å². The van der Waals surface area contributed by atoms with Crippen LogP contribution < -0.4 is 0 Å². The van der Waals surface area contributed by atoms with E-state index in [4.69, 9.17) is 0 Å². The first kappa shape index (κ1) is 13.1. The predicted octanol–water partition coefficient (Wildman–Crippen LogP) is 4.36. The maximum absolute atomic E-state index is 11.8. The van der Waals surface area contributed by atoms with E-state index in [2.05, 4.69) is 67.6 Å². The van der Waals surface area contributed by atoms with Gasteiger partial charge in [-0.05, 0) is 23.5 Å². The Hall–Kier alpha value is -1.89. The molecule has 0 saturated heterocycles. The standard InChI is InChI=1S/C19H20O/c1-15-14-18(20)12-13-19(15,16-8-4-2-5-9-16)17-10-6-3-7-11-17/h2-11,15H,12-14H2,1H3/t15-/m0/s1. The van der Waals surface area contributed by atoms with Gasteiger partial charge in [-0.15, -0.1) is 0 Å². The highest BCUT2D eigenvalue weighted by molar-refractivity contribution is 5.80. The summed E-state index contributed by atoms with van der Waals surface area (Å²) >= 11 is 0. The van der Waals surface area contributed by atoms with E-state index in [1.54, 1.807) is 0 Å². The van der Waals surface area contributed by atoms with Gasteiger partial charge in [0, 0.05) is 18.3 Å². The first-order valence-corrected chi connectivity index (χ1v) is 7.36. The average molecular weight is 264 g/mol. The topological polar surface area (TPSA) is 17.1 Å². The molecule has 0 bridgehead atoms. The number of ketones is 1. The molecule has 0 aromatic heterocycles. The van der Waals surface area contributed by atoms with Crippen LogP contribution in [0.5, 0.6) is 0 Å². The minimum Gasteiger partial charge on any atom is -0.300 e. The van der Waals surface area contributed by atoms with Crippen LogP contribution in [0.25, 0.3) is 0 Å². The monoisotopic (exact) mass is 264 g/mol. The Morgan fingerprint density at radius 3 is 1.85 bits per heavy atom. The van der Waals surface area contributed by atoms with Crippen LogP contribution in [-0.4, -0.2) is 5.78 Å². The number of carbonyl (C=O) groups is 1. The highest BCUT2D eigenvalue weighted by Crippen LogP contribution is 2.47. The van der Waals surface area contributed by atoms with Gasteiger partial charge in [-0.25, -0.2) is 0 Å². The average Bonchev–Trinajstić information content (AvgIpc) is 2.50. The molecule has 1 fully saturated rings. The molecule has 20 heavy (non-hydrogen) atoms. The fraction of sp³-hybridized carbons (Fsp3) is 0.316. The molecule has 1 aliphatic carbocycles. The Bertz CT molecular complexity index is 546. The lowest BCUT2D eigenvalue weighted by Gasteiger charge is -2.43. The molecule has 0 radical (unpaired) electrons. The van der Waals surface area contributed by atoms with Gasteiger partial charge in [0.05, 0.1) is 0 Å². The lowest BCUT2D eigenvalue weighted by Crippen LogP contribution is -2.40. The lowest BCUT2D eigenvalue weighted by molar-refractivity contribution is -0.122. The molecule has 2 aromatic carbocycles. The van der Waals surface area contributed by atoms with Gasteiger partial charge < -0.3 is 0 Å². The van der Waals surface area contributed by atoms with E-state index in [-0.39, 0.29) is 5.41 Å². The van der Waals surface area contributed by atoms with Gasteiger partial charge in [0.15, 0.2) is 0 Å². The maximum Gasteiger partial charge on any atom is 0.133 e. The minimum atomic E-state index is -0.0174. The molecule has 0 aliphatic heterocycles. The Labute approximate surface area is 120 Å². The second-order valence-electron chi connectivity index (χ2n) is 5.85. The summed E-state index contributed by atoms with van der Waals surface area (Å²) in [7, 11) is 0. The van der Waals surface area contributed by atoms with Crippen LogP contribution in [0.3, 0.4) is 0 Å². The zero-order valence-corrected chi connectivity index (χ0v) is 11.9. The van der Waals surface area contributed by atoms with Crippen molar-refractivity contribution in [2.75, 3.05) is 0 Å². The normalized spacial score (nSPS) is 21.6. The zero-order valence-electron chi connectivity index (χ0n) is 11.9. The predicted molar refractivity (Wildman–Crippen MR) is 81.7 cm³/mol. The quantitative estimate of drug-likeness (QED) is 0.787. The van der Waals surface area contributed by atoms with Crippen LogP contribution in [-0.2, 0) is 10.2 Å². The molecule has 1 atom stereocenters. The summed E-state index contributed by atoms with van der Waals surface area (Å²) in [6.45, 7) is 2.22. The molecule has 3 rings (SSSR count). The van der Waals surface area contributed by atoms with Crippen molar-refractivity contribution in [1.82, 2.24) is 0 Å². The number of hydrogen-bond acceptors (Lipinski definition) is 1. The summed E-state index contributed by atoms with van der Waals surface area (Å²) in [5.41, 5.74) is 2.66. The molecule has 102 valence electrons. The first-order chi connectivity index (χ1) is 9.73. The Kier molecular flexibility index (Phi) is 3.43. The summed E-state index contributed by atoms with van der Waals surface area (Å²) < 4.78 is 0. The highest BCUT2D eigenvalue weighted by Gasteiger charge is 2.43. The molecule has 0 unspecified atom stereocenters. The summed E-state index contributed by atoms with van der Waals surface area (Å²) in [6, 6.07) is 21.3. The van der Waals surface area contributed by atoms with Crippen LogP contribution in [0.15, 0.2) is 60.7 Å². The van der Waals surface area contributed by atoms with E-state index >= 15 is 0 Å². The fourth-order valence-corrected chi connectivity index (χ4v) is 3.70. The van der Waals surface area contributed by atoms with Crippen LogP contribution in [0.4, 0.5) is 0 Å². The molecule has 1 aliphatic rings. The first-order valence-electron chi connectivity index (χ1n) is 7.36. The summed E-state index contributed by atoms with van der Waals surface area (Å²) in [5, 5.41) is 0. The summed E-state index contributed by atoms with van der Waals surface area (Å²) in [5.74, 6) is 0.744. The van der Waals surface area contributed by atoms with Crippen molar-refractivity contribution >= 4 is 5.78 Å². The molecule has 1 saturated carbocycles. The van der Waals surface area contributed by atoms with Crippen molar-refractivity contribution in [3.63, 3.8) is 0 Å². The number of carbonyl (C=O) groups excluding carboxylic acids is 1. The lowest BCUT2D eigenvalue weighted by atomic mass is 9.59. The molecular formula is C19H20O. The Morgan fingerprint density at radius 1 is 0.900 bits per heavy atom. The second kappa shape index (κ2) is 5.24. The third-order valence-electron chi connectivity index (χ3n) is 4.75. The Balaban J connectivity index is 2.16. The number of Topliss-reactive ketones (excluding diaryl/α,β-unsaturated/α-hetero) is 1. The maximum atomic E-state index is 11.8. The third kappa shape index (κ3) is 2.07. The largest absolute Gasteiger partial charge is 0.300 e. The number of rotatable bonds is 2. The molecule has 2 aromatic rings. The van der Waals surface area contributed by atoms with E-state index in [1.165, 1.54) is 11.1 Å². The molecular weight excluding hydrogens is 244 g/mol. The van der Waals surface area contributed by atoms with Crippen molar-refractivity contribution in [3.8, 4) is 0 Å². The van der Waals surface area contributed by atoms with Crippen molar-refractivity contribution in [3.05, 3.63) is 71.8 Å². The summed E-state index contributed by atoms with van der Waals surface area (Å²) in [4.78, 5) is 11.8. The van der Waals surface area contributed by atoms with Gasteiger partial charge in [-0.2, -0.15) is 0 Å². The van der Waals surface area contributed by atoms with Gasteiger partial charge in [0.25, 0.3) is 0 Å². The van der Waals surface area contributed by atoms with Crippen molar-refractivity contribution in [1.29, 1.82) is 0 Å². The highest BCUT2D eigenvalue weighted by atomic mass is 16.1. The van der Waals surface area contributed by atoms with Crippen molar-refractivity contribution < 1.29 is 4.79 Å². The molecule has 0 heterocycles. The smallest absolute Gasteiger partial charge is 0.133 e. The van der Waals surface area contributed by atoms with Gasteiger partial charge in [0.1, 0.15) is 5.78 Å². The molecule has 1 nitrogen and oxygen atoms in total. The summed E-state index contributed by atoms with van der Waals surface area (Å²) in [6.07, 6.45) is 2.29. The molecule has 0 N–H and O–H groups in total. The van der Waals surface area contributed by atoms with Gasteiger partial charge in [-0.3, -0.25) is 4.79 Å². The van der Waals surface area contributed by atoms with Crippen LogP contribution in [0.2, 0.25) is 0 Å².